The van der Waals surface area contributed by atoms with E-state index < -0.39 is 5.97 Å². The minimum absolute atomic E-state index is 0.138. The van der Waals surface area contributed by atoms with Crippen molar-refractivity contribution in [2.24, 2.45) is 11.8 Å². The van der Waals surface area contributed by atoms with Gasteiger partial charge in [-0.15, -0.1) is 0 Å². The molecule has 2 saturated carbocycles. The van der Waals surface area contributed by atoms with Crippen molar-refractivity contribution < 1.29 is 19.2 Å². The molecule has 2 atom stereocenters. The first kappa shape index (κ1) is 25.3. The van der Waals surface area contributed by atoms with E-state index in [4.69, 9.17) is 37.4 Å². The lowest BCUT2D eigenvalue weighted by atomic mass is 9.75. The quantitative estimate of drug-likeness (QED) is 0.239. The minimum atomic E-state index is -0.919. The van der Waals surface area contributed by atoms with Gasteiger partial charge in [0.2, 0.25) is 0 Å². The Morgan fingerprint density at radius 3 is 2.54 bits per heavy atom. The van der Waals surface area contributed by atoms with Gasteiger partial charge in [-0.1, -0.05) is 52.2 Å². The topological polar surface area (TPSA) is 88.7 Å². The summed E-state index contributed by atoms with van der Waals surface area (Å²) >= 11 is 14.7. The second-order valence-corrected chi connectivity index (χ2v) is 12.7. The lowest BCUT2D eigenvalue weighted by Crippen LogP contribution is -2.52. The lowest BCUT2D eigenvalue weighted by molar-refractivity contribution is -0.0650. The van der Waals surface area contributed by atoms with Gasteiger partial charge in [-0.3, -0.25) is 0 Å². The van der Waals surface area contributed by atoms with E-state index in [9.17, 15) is 9.90 Å². The summed E-state index contributed by atoms with van der Waals surface area (Å²) in [6.45, 7) is 2.16. The van der Waals surface area contributed by atoms with Gasteiger partial charge in [0, 0.05) is 42.0 Å². The third kappa shape index (κ3) is 4.71. The van der Waals surface area contributed by atoms with Crippen LogP contribution in [0.25, 0.3) is 21.5 Å². The number of carbonyl (C=O) groups is 1. The predicted molar refractivity (Wildman–Crippen MR) is 152 cm³/mol. The number of piperidine rings is 1. The Labute approximate surface area is 239 Å². The van der Waals surface area contributed by atoms with Crippen molar-refractivity contribution in [1.29, 1.82) is 0 Å². The van der Waals surface area contributed by atoms with Gasteiger partial charge in [0.05, 0.1) is 38.5 Å². The first-order chi connectivity index (χ1) is 19.0. The molecule has 2 bridgehead atoms. The Bertz CT molecular complexity index is 1530. The average molecular weight is 585 g/mol. The van der Waals surface area contributed by atoms with E-state index in [0.717, 1.165) is 65.4 Å². The maximum absolute atomic E-state index is 11.4. The molecule has 2 aromatic carbocycles. The summed E-state index contributed by atoms with van der Waals surface area (Å²) in [6.07, 6.45) is 5.74. The normalized spacial score (nSPS) is 22.9. The molecule has 2 aliphatic carbocycles. The highest BCUT2D eigenvalue weighted by Crippen LogP contribution is 2.47. The number of fused-ring (bicyclic) bond motifs is 3. The summed E-state index contributed by atoms with van der Waals surface area (Å²) in [5.41, 5.74) is 3.48. The van der Waals surface area contributed by atoms with Crippen LogP contribution in [0.5, 0.6) is 0 Å². The average Bonchev–Trinajstić information content (AvgIpc) is 3.53. The third-order valence-corrected chi connectivity index (χ3v) is 9.98. The minimum Gasteiger partial charge on any atom is -0.478 e. The number of carboxylic acid groups (broad SMARTS) is 1. The Morgan fingerprint density at radius 1 is 1.10 bits per heavy atom. The highest BCUT2D eigenvalue weighted by atomic mass is 35.5. The smallest absolute Gasteiger partial charge is 0.335 e. The zero-order valence-corrected chi connectivity index (χ0v) is 23.4. The molecule has 202 valence electrons. The van der Waals surface area contributed by atoms with Crippen molar-refractivity contribution in [3.05, 3.63) is 63.3 Å². The number of aromatic nitrogens is 2. The fourth-order valence-corrected chi connectivity index (χ4v) is 7.82. The first-order valence-electron chi connectivity index (χ1n) is 13.4. The molecule has 1 aliphatic heterocycles. The number of thiazole rings is 1. The number of hydrogen-bond acceptors (Lipinski definition) is 7. The van der Waals surface area contributed by atoms with Crippen LogP contribution in [-0.2, 0) is 11.3 Å². The molecular formula is C29H27Cl2N3O4S. The lowest BCUT2D eigenvalue weighted by Gasteiger charge is -2.47. The van der Waals surface area contributed by atoms with Gasteiger partial charge in [-0.2, -0.15) is 0 Å². The molecule has 4 aromatic rings. The second kappa shape index (κ2) is 10.1. The Morgan fingerprint density at radius 2 is 1.85 bits per heavy atom. The van der Waals surface area contributed by atoms with E-state index in [1.165, 1.54) is 6.42 Å². The Balaban J connectivity index is 1.12. The van der Waals surface area contributed by atoms with Gasteiger partial charge in [-0.25, -0.2) is 9.78 Å². The van der Waals surface area contributed by atoms with E-state index in [2.05, 4.69) is 10.1 Å². The number of carboxylic acids is 1. The van der Waals surface area contributed by atoms with Crippen molar-refractivity contribution in [3.8, 4) is 11.3 Å². The van der Waals surface area contributed by atoms with Gasteiger partial charge in [0.25, 0.3) is 0 Å². The van der Waals surface area contributed by atoms with Crippen LogP contribution in [-0.4, -0.2) is 40.4 Å². The van der Waals surface area contributed by atoms with Crippen LogP contribution in [0.3, 0.4) is 0 Å². The molecular weight excluding hydrogens is 557 g/mol. The molecule has 3 aliphatic rings. The molecule has 7 nitrogen and oxygen atoms in total. The highest BCUT2D eigenvalue weighted by molar-refractivity contribution is 7.22. The maximum atomic E-state index is 11.4. The van der Waals surface area contributed by atoms with Gasteiger partial charge >= 0.3 is 5.97 Å². The molecule has 7 rings (SSSR count). The van der Waals surface area contributed by atoms with Crippen LogP contribution in [0.2, 0.25) is 10.0 Å². The standard InChI is InChI=1S/C29H27Cl2N3O4S/c30-20-5-2-6-21(31)24(20)25-19(27(38-33-25)15-7-8-15)14-37-26-17-3-1-4-18(26)13-34(12-17)29-32-22-10-9-16(28(35)36)11-23(22)39-29/h2,5-6,9-11,15,17-18,26H,1,3-4,7-8,12-14H2,(H,35,36). The fraction of sp³-hybridized carbons (Fsp3) is 0.414. The predicted octanol–water partition coefficient (Wildman–Crippen LogP) is 7.66. The number of benzene rings is 2. The largest absolute Gasteiger partial charge is 0.478 e. The molecule has 0 amide bonds. The van der Waals surface area contributed by atoms with Crippen LogP contribution < -0.4 is 4.90 Å². The van der Waals surface area contributed by atoms with Crippen molar-refractivity contribution in [2.75, 3.05) is 18.0 Å². The van der Waals surface area contributed by atoms with Crippen LogP contribution in [0.1, 0.15) is 59.7 Å². The molecule has 2 unspecified atom stereocenters. The molecule has 0 radical (unpaired) electrons. The summed E-state index contributed by atoms with van der Waals surface area (Å²) < 4.78 is 13.5. The zero-order chi connectivity index (χ0) is 26.7. The summed E-state index contributed by atoms with van der Waals surface area (Å²) in [4.78, 5) is 18.6. The molecule has 39 heavy (non-hydrogen) atoms. The molecule has 1 N–H and O–H groups in total. The van der Waals surface area contributed by atoms with Crippen LogP contribution in [0, 0.1) is 11.8 Å². The number of ether oxygens (including phenoxy) is 1. The van der Waals surface area contributed by atoms with E-state index in [0.29, 0.717) is 51.2 Å². The summed E-state index contributed by atoms with van der Waals surface area (Å²) in [5.74, 6) is 1.13. The van der Waals surface area contributed by atoms with Gasteiger partial charge in [0.15, 0.2) is 5.13 Å². The zero-order valence-electron chi connectivity index (χ0n) is 21.1. The van der Waals surface area contributed by atoms with Gasteiger partial charge < -0.3 is 19.3 Å². The SMILES string of the molecule is O=C(O)c1ccc2nc(N3CC4CCCC(C3)C4OCc3c(-c4c(Cl)cccc4Cl)noc3C3CC3)sc2c1. The van der Waals surface area contributed by atoms with Gasteiger partial charge in [0.1, 0.15) is 11.5 Å². The highest BCUT2D eigenvalue weighted by Gasteiger charge is 2.42. The summed E-state index contributed by atoms with van der Waals surface area (Å²) in [6, 6.07) is 10.6. The van der Waals surface area contributed by atoms with E-state index >= 15 is 0 Å². The molecule has 0 spiro atoms. The number of nitrogens with zero attached hydrogens (tertiary/aromatic N) is 3. The van der Waals surface area contributed by atoms with Crippen molar-refractivity contribution in [3.63, 3.8) is 0 Å². The Kier molecular flexibility index (Phi) is 6.54. The number of halogens is 2. The molecule has 10 heteroatoms. The van der Waals surface area contributed by atoms with Gasteiger partial charge in [-0.05, 0) is 56.0 Å². The van der Waals surface area contributed by atoms with E-state index in [1.807, 2.05) is 18.2 Å². The molecule has 3 fully saturated rings. The molecule has 2 aromatic heterocycles. The van der Waals surface area contributed by atoms with Crippen LogP contribution in [0.15, 0.2) is 40.9 Å². The number of hydrogen-bond donors (Lipinski definition) is 1. The Hall–Kier alpha value is -2.65. The molecule has 1 saturated heterocycles. The van der Waals surface area contributed by atoms with E-state index in [1.54, 1.807) is 29.5 Å². The summed E-state index contributed by atoms with van der Waals surface area (Å²) in [5, 5.41) is 15.8. The maximum Gasteiger partial charge on any atom is 0.335 e. The fourth-order valence-electron chi connectivity index (χ4n) is 6.22. The summed E-state index contributed by atoms with van der Waals surface area (Å²) in [7, 11) is 0. The monoisotopic (exact) mass is 583 g/mol. The van der Waals surface area contributed by atoms with Crippen LogP contribution in [0.4, 0.5) is 5.13 Å². The number of aromatic carboxylic acids is 1. The number of anilines is 1. The molecule has 3 heterocycles. The van der Waals surface area contributed by atoms with E-state index in [-0.39, 0.29) is 6.10 Å². The van der Waals surface area contributed by atoms with Crippen molar-refractivity contribution in [1.82, 2.24) is 10.1 Å². The van der Waals surface area contributed by atoms with Crippen LogP contribution >= 0.6 is 34.5 Å². The first-order valence-corrected chi connectivity index (χ1v) is 15.0. The third-order valence-electron chi connectivity index (χ3n) is 8.27. The van der Waals surface area contributed by atoms with Crippen molar-refractivity contribution >= 4 is 55.9 Å². The van der Waals surface area contributed by atoms with Crippen molar-refractivity contribution in [2.45, 2.75) is 50.7 Å². The number of rotatable bonds is 7. The second-order valence-electron chi connectivity index (χ2n) is 10.9.